The second-order valence-electron chi connectivity index (χ2n) is 2.17. The molecule has 0 aliphatic carbocycles. The van der Waals surface area contributed by atoms with Crippen molar-refractivity contribution < 1.29 is 12.3 Å². The van der Waals surface area contributed by atoms with Crippen LogP contribution < -0.4 is 0 Å². The van der Waals surface area contributed by atoms with Gasteiger partial charge in [-0.1, -0.05) is 15.5 Å². The zero-order valence-electron chi connectivity index (χ0n) is 6.29. The third-order valence-corrected chi connectivity index (χ3v) is 1.76. The molecule has 0 aliphatic heterocycles. The molecule has 13 heavy (non-hydrogen) atoms. The number of rotatable bonds is 0. The zero-order valence-corrected chi connectivity index (χ0v) is 7.86. The molecule has 0 aliphatic rings. The quantitative estimate of drug-likeness (QED) is 0.493. The van der Waals surface area contributed by atoms with E-state index in [1.165, 1.54) is 29.5 Å². The summed E-state index contributed by atoms with van der Waals surface area (Å²) in [5.41, 5.74) is 0.394. The highest BCUT2D eigenvalue weighted by molar-refractivity contribution is 7.91. The van der Waals surface area contributed by atoms with E-state index in [9.17, 15) is 12.3 Å². The van der Waals surface area contributed by atoms with Gasteiger partial charge in [0.05, 0.1) is 5.25 Å². The molecule has 1 aromatic rings. The van der Waals surface area contributed by atoms with Crippen LogP contribution in [0.1, 0.15) is 5.56 Å². The monoisotopic (exact) mass is 218 g/mol. The predicted molar refractivity (Wildman–Crippen MR) is 48.4 cm³/mol. The standard InChI is InChI=1S/C8H4ClFO2S/c9-8-3-1-7(2-4-8)5-6-13(10,11)12/h1-4H. The fourth-order valence-corrected chi connectivity index (χ4v) is 1.02. The normalized spacial score (nSPS) is 10.3. The average Bonchev–Trinajstić information content (AvgIpc) is 2.02. The van der Waals surface area contributed by atoms with Crippen molar-refractivity contribution >= 4 is 21.8 Å². The lowest BCUT2D eigenvalue weighted by atomic mass is 10.2. The number of hydrogen-bond donors (Lipinski definition) is 0. The summed E-state index contributed by atoms with van der Waals surface area (Å²) in [4.78, 5) is 0. The summed E-state index contributed by atoms with van der Waals surface area (Å²) in [6.45, 7) is 0. The van der Waals surface area contributed by atoms with Gasteiger partial charge in [0.1, 0.15) is 0 Å². The van der Waals surface area contributed by atoms with Gasteiger partial charge in [-0.05, 0) is 30.2 Å². The van der Waals surface area contributed by atoms with Gasteiger partial charge in [-0.2, -0.15) is 8.42 Å². The van der Waals surface area contributed by atoms with Gasteiger partial charge < -0.3 is 0 Å². The minimum absolute atomic E-state index is 0.394. The molecule has 0 radical (unpaired) electrons. The zero-order chi connectivity index (χ0) is 9.90. The predicted octanol–water partition coefficient (Wildman–Crippen LogP) is 1.95. The first-order valence-corrected chi connectivity index (χ1v) is 4.96. The van der Waals surface area contributed by atoms with Crippen molar-refractivity contribution in [1.29, 1.82) is 0 Å². The molecule has 2 nitrogen and oxygen atoms in total. The van der Waals surface area contributed by atoms with Crippen molar-refractivity contribution in [1.82, 2.24) is 0 Å². The molecule has 0 atom stereocenters. The van der Waals surface area contributed by atoms with Crippen LogP contribution in [0.3, 0.4) is 0 Å². The first-order chi connectivity index (χ1) is 5.97. The number of halogens is 2. The van der Waals surface area contributed by atoms with Crippen LogP contribution in [-0.4, -0.2) is 8.42 Å². The van der Waals surface area contributed by atoms with Crippen molar-refractivity contribution in [3.8, 4) is 11.2 Å². The maximum atomic E-state index is 11.9. The lowest BCUT2D eigenvalue weighted by Gasteiger charge is -1.88. The Hall–Kier alpha value is -1.05. The van der Waals surface area contributed by atoms with Crippen molar-refractivity contribution in [2.24, 2.45) is 0 Å². The van der Waals surface area contributed by atoms with E-state index in [-0.39, 0.29) is 0 Å². The average molecular weight is 219 g/mol. The van der Waals surface area contributed by atoms with E-state index in [1.807, 2.05) is 0 Å². The summed E-state index contributed by atoms with van der Waals surface area (Å²) in [6, 6.07) is 6.08. The molecule has 0 unspecified atom stereocenters. The van der Waals surface area contributed by atoms with E-state index in [1.54, 1.807) is 0 Å². The molecule has 0 N–H and O–H groups in total. The van der Waals surface area contributed by atoms with Gasteiger partial charge in [0, 0.05) is 10.6 Å². The molecular formula is C8H4ClFO2S. The maximum absolute atomic E-state index is 11.9. The lowest BCUT2D eigenvalue weighted by Crippen LogP contribution is -1.82. The van der Waals surface area contributed by atoms with E-state index in [0.717, 1.165) is 0 Å². The first kappa shape index (κ1) is 10.0. The summed E-state index contributed by atoms with van der Waals surface area (Å²) in [7, 11) is -4.73. The summed E-state index contributed by atoms with van der Waals surface area (Å²) in [6.07, 6.45) is 0. The third kappa shape index (κ3) is 3.92. The summed E-state index contributed by atoms with van der Waals surface area (Å²) >= 11 is 5.56. The fourth-order valence-electron chi connectivity index (χ4n) is 0.653. The Labute approximate surface area is 80.6 Å². The molecule has 0 saturated heterocycles. The van der Waals surface area contributed by atoms with Gasteiger partial charge in [0.25, 0.3) is 0 Å². The molecule has 0 bridgehead atoms. The lowest BCUT2D eigenvalue weighted by molar-refractivity contribution is 0.565. The Morgan fingerprint density at radius 3 is 2.23 bits per heavy atom. The second kappa shape index (κ2) is 3.77. The highest BCUT2D eigenvalue weighted by Crippen LogP contribution is 2.08. The van der Waals surface area contributed by atoms with Crippen molar-refractivity contribution in [2.45, 2.75) is 0 Å². The molecule has 1 aromatic carbocycles. The molecule has 0 fully saturated rings. The van der Waals surface area contributed by atoms with Gasteiger partial charge in [0.2, 0.25) is 0 Å². The summed E-state index contributed by atoms with van der Waals surface area (Å²) < 4.78 is 31.9. The second-order valence-corrected chi connectivity index (χ2v) is 3.69. The van der Waals surface area contributed by atoms with Crippen LogP contribution >= 0.6 is 11.6 Å². The smallest absolute Gasteiger partial charge is 0.180 e. The fraction of sp³-hybridized carbons (Fsp3) is 0. The minimum Gasteiger partial charge on any atom is -0.180 e. The Balaban J connectivity index is 2.98. The van der Waals surface area contributed by atoms with Gasteiger partial charge in [-0.15, -0.1) is 0 Å². The van der Waals surface area contributed by atoms with E-state index in [2.05, 4.69) is 5.92 Å². The Morgan fingerprint density at radius 1 is 1.23 bits per heavy atom. The van der Waals surface area contributed by atoms with E-state index >= 15 is 0 Å². The molecular weight excluding hydrogens is 215 g/mol. The van der Waals surface area contributed by atoms with Gasteiger partial charge in [-0.25, -0.2) is 0 Å². The maximum Gasteiger partial charge on any atom is 0.373 e. The molecule has 5 heteroatoms. The topological polar surface area (TPSA) is 34.1 Å². The van der Waals surface area contributed by atoms with Crippen LogP contribution in [0.5, 0.6) is 0 Å². The Bertz CT molecular complexity index is 453. The molecule has 0 aromatic heterocycles. The van der Waals surface area contributed by atoms with Crippen LogP contribution in [-0.2, 0) is 10.2 Å². The van der Waals surface area contributed by atoms with Gasteiger partial charge in [-0.3, -0.25) is 0 Å². The summed E-state index contributed by atoms with van der Waals surface area (Å²) in [5, 5.41) is 1.98. The van der Waals surface area contributed by atoms with Crippen molar-refractivity contribution in [2.75, 3.05) is 0 Å². The van der Waals surface area contributed by atoms with Crippen LogP contribution in [0.25, 0.3) is 0 Å². The Kier molecular flexibility index (Phi) is 2.91. The molecule has 0 saturated carbocycles. The SMILES string of the molecule is O=S(=O)(F)C#Cc1ccc(Cl)cc1. The van der Waals surface area contributed by atoms with Gasteiger partial charge >= 0.3 is 10.2 Å². The molecule has 0 spiro atoms. The highest BCUT2D eigenvalue weighted by Gasteiger charge is 1.97. The molecule has 1 rings (SSSR count). The minimum atomic E-state index is -4.73. The molecule has 0 heterocycles. The van der Waals surface area contributed by atoms with E-state index in [0.29, 0.717) is 10.6 Å². The van der Waals surface area contributed by atoms with Crippen LogP contribution in [0.15, 0.2) is 24.3 Å². The van der Waals surface area contributed by atoms with E-state index in [4.69, 9.17) is 11.6 Å². The largest absolute Gasteiger partial charge is 0.373 e. The van der Waals surface area contributed by atoms with E-state index < -0.39 is 10.2 Å². The van der Waals surface area contributed by atoms with Crippen LogP contribution in [0, 0.1) is 11.2 Å². The Morgan fingerprint density at radius 2 is 1.77 bits per heavy atom. The molecule has 68 valence electrons. The van der Waals surface area contributed by atoms with Crippen molar-refractivity contribution in [3.05, 3.63) is 34.9 Å². The summed E-state index contributed by atoms with van der Waals surface area (Å²) in [5.74, 6) is 2.14. The van der Waals surface area contributed by atoms with Crippen molar-refractivity contribution in [3.63, 3.8) is 0 Å². The van der Waals surface area contributed by atoms with Gasteiger partial charge in [0.15, 0.2) is 0 Å². The van der Waals surface area contributed by atoms with Crippen LogP contribution in [0.2, 0.25) is 5.02 Å². The van der Waals surface area contributed by atoms with Crippen LogP contribution in [0.4, 0.5) is 3.89 Å². The number of hydrogen-bond acceptors (Lipinski definition) is 2. The number of benzene rings is 1. The third-order valence-electron chi connectivity index (χ3n) is 1.16. The first-order valence-electron chi connectivity index (χ1n) is 3.20. The molecule has 0 amide bonds. The highest BCUT2D eigenvalue weighted by atomic mass is 35.5.